The Morgan fingerprint density at radius 1 is 1.37 bits per heavy atom. The van der Waals surface area contributed by atoms with Crippen molar-refractivity contribution in [3.8, 4) is 5.75 Å². The Hall–Kier alpha value is -2.84. The highest BCUT2D eigenvalue weighted by Gasteiger charge is 2.22. The van der Waals surface area contributed by atoms with Crippen molar-refractivity contribution in [2.75, 3.05) is 20.3 Å². The number of hydrogen-bond donors (Lipinski definition) is 2. The Labute approximate surface area is 180 Å². The molecule has 0 amide bonds. The number of aromatic nitrogens is 1. The van der Waals surface area contributed by atoms with Crippen molar-refractivity contribution in [3.63, 3.8) is 0 Å². The van der Waals surface area contributed by atoms with Crippen LogP contribution in [-0.4, -0.2) is 41.4 Å². The van der Waals surface area contributed by atoms with Crippen LogP contribution in [0.5, 0.6) is 5.75 Å². The normalized spacial score (nSPS) is 16.0. The minimum Gasteiger partial charge on any atom is -0.497 e. The van der Waals surface area contributed by atoms with Crippen molar-refractivity contribution >= 4 is 28.2 Å². The van der Waals surface area contributed by atoms with Crippen LogP contribution in [-0.2, 0) is 17.8 Å². The number of hydrogen-bond acceptors (Lipinski definition) is 5. The van der Waals surface area contributed by atoms with Crippen LogP contribution in [0.15, 0.2) is 51.9 Å². The van der Waals surface area contributed by atoms with Crippen LogP contribution in [0.2, 0.25) is 0 Å². The summed E-state index contributed by atoms with van der Waals surface area (Å²) < 4.78 is 16.5. The van der Waals surface area contributed by atoms with Gasteiger partial charge in [0.15, 0.2) is 5.11 Å². The fraction of sp³-hybridized carbons (Fsp3) is 0.364. The number of aromatic amines is 1. The third-order valence-corrected chi connectivity index (χ3v) is 5.62. The molecule has 2 N–H and O–H groups in total. The Morgan fingerprint density at radius 3 is 3.00 bits per heavy atom. The summed E-state index contributed by atoms with van der Waals surface area (Å²) in [6.07, 6.45) is 3.77. The van der Waals surface area contributed by atoms with E-state index in [4.69, 9.17) is 26.1 Å². The van der Waals surface area contributed by atoms with Crippen molar-refractivity contribution in [2.24, 2.45) is 0 Å². The van der Waals surface area contributed by atoms with E-state index in [-0.39, 0.29) is 11.7 Å². The van der Waals surface area contributed by atoms with E-state index in [1.165, 1.54) is 0 Å². The molecular weight excluding hydrogens is 402 g/mol. The second-order valence-corrected chi connectivity index (χ2v) is 7.72. The van der Waals surface area contributed by atoms with E-state index in [2.05, 4.69) is 10.3 Å². The van der Waals surface area contributed by atoms with Crippen LogP contribution in [0, 0.1) is 0 Å². The molecule has 1 atom stereocenters. The van der Waals surface area contributed by atoms with Crippen molar-refractivity contribution in [1.29, 1.82) is 0 Å². The minimum atomic E-state index is -0.126. The fourth-order valence-electron chi connectivity index (χ4n) is 3.62. The van der Waals surface area contributed by atoms with E-state index in [1.54, 1.807) is 13.4 Å². The van der Waals surface area contributed by atoms with Gasteiger partial charge in [-0.1, -0.05) is 0 Å². The maximum absolute atomic E-state index is 12.7. The van der Waals surface area contributed by atoms with Gasteiger partial charge in [-0.15, -0.1) is 0 Å². The summed E-state index contributed by atoms with van der Waals surface area (Å²) in [6.45, 7) is 2.26. The first-order valence-electron chi connectivity index (χ1n) is 9.99. The van der Waals surface area contributed by atoms with Crippen molar-refractivity contribution in [1.82, 2.24) is 15.2 Å². The highest BCUT2D eigenvalue weighted by Crippen LogP contribution is 2.20. The number of ether oxygens (including phenoxy) is 2. The third kappa shape index (κ3) is 4.83. The number of methoxy groups -OCH3 is 1. The molecular formula is C22H25N3O4S. The van der Waals surface area contributed by atoms with Crippen molar-refractivity contribution < 1.29 is 13.9 Å². The number of nitrogens with zero attached hydrogens (tertiary/aromatic N) is 1. The largest absolute Gasteiger partial charge is 0.497 e. The summed E-state index contributed by atoms with van der Waals surface area (Å²) >= 11 is 5.65. The Balaban J connectivity index is 1.55. The Bertz CT molecular complexity index is 1060. The number of benzene rings is 1. The molecule has 158 valence electrons. The smallest absolute Gasteiger partial charge is 0.253 e. The van der Waals surface area contributed by atoms with Gasteiger partial charge in [0, 0.05) is 29.6 Å². The summed E-state index contributed by atoms with van der Waals surface area (Å²) in [5.74, 6) is 1.54. The van der Waals surface area contributed by atoms with Gasteiger partial charge in [0.25, 0.3) is 5.56 Å². The molecule has 2 aromatic heterocycles. The van der Waals surface area contributed by atoms with E-state index >= 15 is 0 Å². The van der Waals surface area contributed by atoms with Gasteiger partial charge in [0.2, 0.25) is 0 Å². The van der Waals surface area contributed by atoms with Gasteiger partial charge in [-0.3, -0.25) is 4.79 Å². The summed E-state index contributed by atoms with van der Waals surface area (Å²) in [4.78, 5) is 17.6. The number of H-pyrrole nitrogens is 1. The zero-order valence-corrected chi connectivity index (χ0v) is 17.7. The van der Waals surface area contributed by atoms with E-state index in [9.17, 15) is 4.79 Å². The van der Waals surface area contributed by atoms with Crippen LogP contribution in [0.25, 0.3) is 10.9 Å². The van der Waals surface area contributed by atoms with E-state index in [0.717, 1.165) is 41.9 Å². The average Bonchev–Trinajstić information content (AvgIpc) is 3.46. The Morgan fingerprint density at radius 2 is 2.27 bits per heavy atom. The lowest BCUT2D eigenvalue weighted by atomic mass is 10.1. The van der Waals surface area contributed by atoms with Gasteiger partial charge in [-0.25, -0.2) is 0 Å². The van der Waals surface area contributed by atoms with Gasteiger partial charge < -0.3 is 29.1 Å². The summed E-state index contributed by atoms with van der Waals surface area (Å²) in [5.41, 5.74) is 1.28. The topological polar surface area (TPSA) is 79.7 Å². The standard InChI is InChI=1S/C22H25N3O4S/c1-27-17-6-7-20-15(11-17)10-16(21(26)24-20)13-25(14-19-5-3-9-29-19)22(30)23-12-18-4-2-8-28-18/h2,4,6-8,10-11,19H,3,5,9,12-14H2,1H3,(H,23,30)(H,24,26). The molecule has 0 radical (unpaired) electrons. The predicted octanol–water partition coefficient (Wildman–Crippen LogP) is 3.19. The number of furan rings is 1. The minimum absolute atomic E-state index is 0.105. The lowest BCUT2D eigenvalue weighted by Crippen LogP contribution is -2.43. The van der Waals surface area contributed by atoms with Gasteiger partial charge >= 0.3 is 0 Å². The molecule has 1 aliphatic heterocycles. The molecule has 1 unspecified atom stereocenters. The molecule has 0 spiro atoms. The SMILES string of the molecule is COc1ccc2[nH]c(=O)c(CN(CC3CCCO3)C(=S)NCc3ccco3)cc2c1. The van der Waals surface area contributed by atoms with Crippen molar-refractivity contribution in [3.05, 3.63) is 64.3 Å². The maximum atomic E-state index is 12.7. The van der Waals surface area contributed by atoms with E-state index in [0.29, 0.717) is 30.3 Å². The molecule has 3 aromatic rings. The van der Waals surface area contributed by atoms with Gasteiger partial charge in [-0.05, 0) is 61.5 Å². The molecule has 1 aliphatic rings. The molecule has 8 heteroatoms. The van der Waals surface area contributed by atoms with Gasteiger partial charge in [0.1, 0.15) is 11.5 Å². The quantitative estimate of drug-likeness (QED) is 0.561. The number of fused-ring (bicyclic) bond motifs is 1. The van der Waals surface area contributed by atoms with Gasteiger partial charge in [0.05, 0.1) is 32.6 Å². The monoisotopic (exact) mass is 427 g/mol. The average molecular weight is 428 g/mol. The first-order chi connectivity index (χ1) is 14.6. The Kier molecular flexibility index (Phi) is 6.35. The van der Waals surface area contributed by atoms with Crippen LogP contribution < -0.4 is 15.6 Å². The molecule has 0 aliphatic carbocycles. The lowest BCUT2D eigenvalue weighted by Gasteiger charge is -2.28. The molecule has 30 heavy (non-hydrogen) atoms. The first kappa shape index (κ1) is 20.4. The molecule has 1 aromatic carbocycles. The van der Waals surface area contributed by atoms with Crippen LogP contribution in [0.4, 0.5) is 0 Å². The molecule has 1 fully saturated rings. The molecule has 7 nitrogen and oxygen atoms in total. The molecule has 0 bridgehead atoms. The highest BCUT2D eigenvalue weighted by atomic mass is 32.1. The molecule has 4 rings (SSSR count). The predicted molar refractivity (Wildman–Crippen MR) is 119 cm³/mol. The summed E-state index contributed by atoms with van der Waals surface area (Å²) in [5, 5.41) is 4.70. The second kappa shape index (κ2) is 9.32. The molecule has 3 heterocycles. The number of thiocarbonyl (C=S) groups is 1. The second-order valence-electron chi connectivity index (χ2n) is 7.33. The number of rotatable bonds is 7. The number of nitrogens with one attached hydrogen (secondary N) is 2. The van der Waals surface area contributed by atoms with Crippen LogP contribution in [0.3, 0.4) is 0 Å². The fourth-order valence-corrected chi connectivity index (χ4v) is 3.83. The highest BCUT2D eigenvalue weighted by molar-refractivity contribution is 7.80. The zero-order chi connectivity index (χ0) is 20.9. The maximum Gasteiger partial charge on any atom is 0.253 e. The van der Waals surface area contributed by atoms with E-state index in [1.807, 2.05) is 41.3 Å². The number of pyridine rings is 1. The van der Waals surface area contributed by atoms with Crippen molar-refractivity contribution in [2.45, 2.75) is 32.0 Å². The first-order valence-corrected chi connectivity index (χ1v) is 10.4. The lowest BCUT2D eigenvalue weighted by molar-refractivity contribution is 0.0896. The van der Waals surface area contributed by atoms with E-state index < -0.39 is 0 Å². The van der Waals surface area contributed by atoms with Crippen LogP contribution >= 0.6 is 12.2 Å². The molecule has 1 saturated heterocycles. The van der Waals surface area contributed by atoms with Crippen LogP contribution in [0.1, 0.15) is 24.2 Å². The summed E-state index contributed by atoms with van der Waals surface area (Å²) in [6, 6.07) is 11.2. The molecule has 0 saturated carbocycles. The van der Waals surface area contributed by atoms with Gasteiger partial charge in [-0.2, -0.15) is 0 Å². The zero-order valence-electron chi connectivity index (χ0n) is 16.8. The summed E-state index contributed by atoms with van der Waals surface area (Å²) in [7, 11) is 1.63. The third-order valence-electron chi connectivity index (χ3n) is 5.22.